The van der Waals surface area contributed by atoms with Crippen LogP contribution in [0.3, 0.4) is 0 Å². The number of ether oxygens (including phenoxy) is 1. The van der Waals surface area contributed by atoms with Gasteiger partial charge in [-0.3, -0.25) is 0 Å². The maximum atomic E-state index is 9.84. The Bertz CT molecular complexity index is 129. The first kappa shape index (κ1) is 17.3. The van der Waals surface area contributed by atoms with E-state index in [-0.39, 0.29) is 58.0 Å². The van der Waals surface area contributed by atoms with Crippen LogP contribution in [0.25, 0.3) is 0 Å². The van der Waals surface area contributed by atoms with E-state index in [1.165, 1.54) is 32.1 Å². The Morgan fingerprint density at radius 3 is 2.07 bits per heavy atom. The summed E-state index contributed by atoms with van der Waals surface area (Å²) in [6.45, 7) is 2.48. The smallest absolute Gasteiger partial charge is 0.550 e. The van der Waals surface area contributed by atoms with Crippen LogP contribution in [0.5, 0.6) is 0 Å². The molecule has 0 aromatic carbocycles. The van der Waals surface area contributed by atoms with E-state index in [1.54, 1.807) is 0 Å². The standard InChI is InChI=1S/C10H20O3.K/c1-2-3-4-5-6-7-8-9-13-10(11)12;/h2-9H2,1H3,(H,11,12);/q;+1/p-1. The summed E-state index contributed by atoms with van der Waals surface area (Å²) >= 11 is 0. The number of hydrogen-bond acceptors (Lipinski definition) is 3. The van der Waals surface area contributed by atoms with Crippen LogP contribution >= 0.6 is 0 Å². The van der Waals surface area contributed by atoms with Crippen molar-refractivity contribution in [1.82, 2.24) is 0 Å². The molecule has 0 aliphatic rings. The van der Waals surface area contributed by atoms with Gasteiger partial charge in [0.2, 0.25) is 0 Å². The molecule has 0 spiro atoms. The molecule has 0 bridgehead atoms. The molecule has 0 saturated carbocycles. The van der Waals surface area contributed by atoms with Crippen molar-refractivity contribution >= 4 is 6.16 Å². The number of hydrogen-bond donors (Lipinski definition) is 0. The number of carbonyl (C=O) groups is 1. The van der Waals surface area contributed by atoms with Crippen LogP contribution in [0.15, 0.2) is 0 Å². The van der Waals surface area contributed by atoms with E-state index < -0.39 is 6.16 Å². The Kier molecular flexibility index (Phi) is 17.2. The van der Waals surface area contributed by atoms with Gasteiger partial charge in [-0.05, 0) is 6.42 Å². The zero-order valence-electron chi connectivity index (χ0n) is 9.38. The third-order valence-electron chi connectivity index (χ3n) is 1.97. The molecular formula is C10H19KO3. The van der Waals surface area contributed by atoms with Gasteiger partial charge in [-0.25, -0.2) is 0 Å². The molecule has 0 N–H and O–H groups in total. The van der Waals surface area contributed by atoms with Crippen LogP contribution in [0.1, 0.15) is 51.9 Å². The summed E-state index contributed by atoms with van der Waals surface area (Å²) in [5.74, 6) is 0. The molecule has 14 heavy (non-hydrogen) atoms. The van der Waals surface area contributed by atoms with Gasteiger partial charge >= 0.3 is 51.4 Å². The second kappa shape index (κ2) is 13.9. The Balaban J connectivity index is 0. The molecule has 0 fully saturated rings. The first-order valence-corrected chi connectivity index (χ1v) is 5.11. The van der Waals surface area contributed by atoms with E-state index in [0.29, 0.717) is 0 Å². The van der Waals surface area contributed by atoms with Crippen LogP contribution in [-0.2, 0) is 4.74 Å². The molecule has 0 aliphatic carbocycles. The molecule has 0 rings (SSSR count). The molecule has 0 aromatic heterocycles. The van der Waals surface area contributed by atoms with Gasteiger partial charge in [0.1, 0.15) is 0 Å². The van der Waals surface area contributed by atoms with Crippen molar-refractivity contribution in [2.24, 2.45) is 0 Å². The Morgan fingerprint density at radius 1 is 1.07 bits per heavy atom. The zero-order valence-corrected chi connectivity index (χ0v) is 12.5. The van der Waals surface area contributed by atoms with Gasteiger partial charge in [0.25, 0.3) is 6.16 Å². The minimum Gasteiger partial charge on any atom is -0.550 e. The first-order valence-electron chi connectivity index (χ1n) is 5.11. The van der Waals surface area contributed by atoms with Crippen LogP contribution in [-0.4, -0.2) is 12.8 Å². The minimum atomic E-state index is -1.41. The average Bonchev–Trinajstić information content (AvgIpc) is 2.09. The summed E-state index contributed by atoms with van der Waals surface area (Å²) in [5.41, 5.74) is 0. The number of carboxylic acid groups (broad SMARTS) is 1. The minimum absolute atomic E-state index is 0. The Labute approximate surface area is 129 Å². The summed E-state index contributed by atoms with van der Waals surface area (Å²) in [6, 6.07) is 0. The van der Waals surface area contributed by atoms with Gasteiger partial charge in [0.05, 0.1) is 0 Å². The molecule has 3 nitrogen and oxygen atoms in total. The molecule has 0 unspecified atom stereocenters. The first-order chi connectivity index (χ1) is 6.27. The molecular weight excluding hydrogens is 207 g/mol. The Hall–Kier alpha value is 0.906. The van der Waals surface area contributed by atoms with Gasteiger partial charge in [0, 0.05) is 6.61 Å². The summed E-state index contributed by atoms with van der Waals surface area (Å²) in [6.07, 6.45) is 6.74. The molecule has 0 radical (unpaired) electrons. The fraction of sp³-hybridized carbons (Fsp3) is 0.900. The molecule has 0 saturated heterocycles. The largest absolute Gasteiger partial charge is 1.00 e. The molecule has 0 aliphatic heterocycles. The predicted octanol–water partition coefficient (Wildman–Crippen LogP) is -0.899. The topological polar surface area (TPSA) is 49.4 Å². The van der Waals surface area contributed by atoms with Gasteiger partial charge in [-0.1, -0.05) is 45.4 Å². The van der Waals surface area contributed by atoms with Crippen molar-refractivity contribution in [2.75, 3.05) is 6.61 Å². The maximum Gasteiger partial charge on any atom is 1.00 e. The van der Waals surface area contributed by atoms with Crippen molar-refractivity contribution < 1.29 is 66.0 Å². The van der Waals surface area contributed by atoms with Crippen LogP contribution in [0, 0.1) is 0 Å². The maximum absolute atomic E-state index is 9.84. The average molecular weight is 226 g/mol. The van der Waals surface area contributed by atoms with Crippen LogP contribution in [0.2, 0.25) is 0 Å². The van der Waals surface area contributed by atoms with Crippen molar-refractivity contribution in [2.45, 2.75) is 51.9 Å². The number of rotatable bonds is 8. The van der Waals surface area contributed by atoms with Gasteiger partial charge in [-0.2, -0.15) is 0 Å². The van der Waals surface area contributed by atoms with Crippen molar-refractivity contribution in [1.29, 1.82) is 0 Å². The SMILES string of the molecule is CCCCCCCCCOC(=O)[O-].[K+]. The van der Waals surface area contributed by atoms with Gasteiger partial charge in [0.15, 0.2) is 0 Å². The summed E-state index contributed by atoms with van der Waals surface area (Å²) in [4.78, 5) is 9.84. The van der Waals surface area contributed by atoms with Crippen molar-refractivity contribution in [3.05, 3.63) is 0 Å². The monoisotopic (exact) mass is 226 g/mol. The molecule has 78 valence electrons. The van der Waals surface area contributed by atoms with E-state index in [9.17, 15) is 9.90 Å². The molecule has 0 aromatic rings. The van der Waals surface area contributed by atoms with Gasteiger partial charge in [-0.15, -0.1) is 0 Å². The van der Waals surface area contributed by atoms with E-state index in [4.69, 9.17) is 0 Å². The predicted molar refractivity (Wildman–Crippen MR) is 49.3 cm³/mol. The fourth-order valence-electron chi connectivity index (χ4n) is 1.21. The summed E-state index contributed by atoms with van der Waals surface area (Å²) in [7, 11) is 0. The second-order valence-corrected chi connectivity index (χ2v) is 3.22. The van der Waals surface area contributed by atoms with Crippen LogP contribution < -0.4 is 56.5 Å². The molecule has 0 amide bonds. The van der Waals surface area contributed by atoms with E-state index in [1.807, 2.05) is 0 Å². The van der Waals surface area contributed by atoms with Gasteiger partial charge < -0.3 is 14.6 Å². The zero-order chi connectivity index (χ0) is 9.94. The molecule has 0 atom stereocenters. The van der Waals surface area contributed by atoms with Crippen molar-refractivity contribution in [3.8, 4) is 0 Å². The third-order valence-corrected chi connectivity index (χ3v) is 1.97. The molecule has 0 heterocycles. The number of unbranched alkanes of at least 4 members (excludes halogenated alkanes) is 6. The summed E-state index contributed by atoms with van der Waals surface area (Å²) in [5, 5.41) is 9.84. The summed E-state index contributed by atoms with van der Waals surface area (Å²) < 4.78 is 4.28. The fourth-order valence-corrected chi connectivity index (χ4v) is 1.21. The van der Waals surface area contributed by atoms with Crippen LogP contribution in [0.4, 0.5) is 4.79 Å². The van der Waals surface area contributed by atoms with E-state index in [0.717, 1.165) is 12.8 Å². The van der Waals surface area contributed by atoms with Crippen molar-refractivity contribution in [3.63, 3.8) is 0 Å². The normalized spacial score (nSPS) is 9.21. The Morgan fingerprint density at radius 2 is 1.57 bits per heavy atom. The molecule has 4 heteroatoms. The van der Waals surface area contributed by atoms with E-state index in [2.05, 4.69) is 11.7 Å². The van der Waals surface area contributed by atoms with E-state index >= 15 is 0 Å². The quantitative estimate of drug-likeness (QED) is 0.306. The second-order valence-electron chi connectivity index (χ2n) is 3.22. The number of carbonyl (C=O) groups excluding carboxylic acids is 1. The third kappa shape index (κ3) is 15.4.